The van der Waals surface area contributed by atoms with Gasteiger partial charge in [-0.15, -0.1) is 0 Å². The topological polar surface area (TPSA) is 59.3 Å². The van der Waals surface area contributed by atoms with Gasteiger partial charge in [0.1, 0.15) is 22.1 Å². The van der Waals surface area contributed by atoms with E-state index < -0.39 is 42.7 Å². The molecule has 0 aromatic heterocycles. The summed E-state index contributed by atoms with van der Waals surface area (Å²) in [7, 11) is 0. The van der Waals surface area contributed by atoms with Crippen LogP contribution in [0.3, 0.4) is 0 Å². The summed E-state index contributed by atoms with van der Waals surface area (Å²) in [5, 5.41) is 9.50. The van der Waals surface area contributed by atoms with Crippen LogP contribution in [0.4, 0.5) is 8.78 Å². The van der Waals surface area contributed by atoms with Crippen LogP contribution in [-0.2, 0) is 9.53 Å². The van der Waals surface area contributed by atoms with Crippen molar-refractivity contribution in [1.29, 1.82) is 5.26 Å². The number of hydrogen-bond acceptors (Lipinski definition) is 4. The molecule has 3 rings (SSSR count). The van der Waals surface area contributed by atoms with E-state index in [0.717, 1.165) is 0 Å². The molecule has 2 aromatic carbocycles. The van der Waals surface area contributed by atoms with Crippen molar-refractivity contribution in [3.63, 3.8) is 0 Å². The number of ether oxygens (including phenoxy) is 2. The minimum Gasteiger partial charge on any atom is -0.457 e. The predicted molar refractivity (Wildman–Crippen MR) is 109 cm³/mol. The first kappa shape index (κ1) is 22.1. The summed E-state index contributed by atoms with van der Waals surface area (Å²) in [6.45, 7) is -2.16. The lowest BCUT2D eigenvalue weighted by molar-refractivity contribution is -0.150. The Morgan fingerprint density at radius 3 is 2.40 bits per heavy atom. The van der Waals surface area contributed by atoms with Crippen LogP contribution in [0.25, 0.3) is 0 Å². The van der Waals surface area contributed by atoms with Gasteiger partial charge in [0.15, 0.2) is 0 Å². The largest absolute Gasteiger partial charge is 0.457 e. The first-order valence-electron chi connectivity index (χ1n) is 9.03. The van der Waals surface area contributed by atoms with Crippen molar-refractivity contribution in [2.24, 2.45) is 17.3 Å². The van der Waals surface area contributed by atoms with E-state index in [0.29, 0.717) is 17.1 Å². The number of alkyl halides is 2. The molecule has 0 amide bonds. The second-order valence-electron chi connectivity index (χ2n) is 6.89. The molecule has 0 heterocycles. The van der Waals surface area contributed by atoms with Crippen LogP contribution < -0.4 is 4.74 Å². The number of halogens is 4. The number of nitrogens with zero attached hydrogens (tertiary/aromatic N) is 1. The van der Waals surface area contributed by atoms with Gasteiger partial charge in [-0.25, -0.2) is 0 Å². The van der Waals surface area contributed by atoms with E-state index in [2.05, 4.69) is 0 Å². The van der Waals surface area contributed by atoms with Crippen LogP contribution in [-0.4, -0.2) is 19.3 Å². The Kier molecular flexibility index (Phi) is 6.96. The standard InChI is InChI=1S/C22H17Cl2F2NO3/c23-19(24)10-17-20(22(17,12-25)13-26)21(28)30-18(11-27)14-5-4-8-16(9-14)29-15-6-2-1-3-7-15/h1-10,17-18,20H,12-13H2. The normalized spacial score (nSPS) is 19.8. The minimum atomic E-state index is -1.57. The van der Waals surface area contributed by atoms with Crippen molar-refractivity contribution >= 4 is 29.2 Å². The van der Waals surface area contributed by atoms with E-state index in [9.17, 15) is 18.8 Å². The zero-order valence-electron chi connectivity index (χ0n) is 15.6. The number of rotatable bonds is 8. The molecule has 3 unspecified atom stereocenters. The molecule has 2 aromatic rings. The Balaban J connectivity index is 1.76. The van der Waals surface area contributed by atoms with Crippen molar-refractivity contribution in [3.05, 3.63) is 70.7 Å². The third-order valence-corrected chi connectivity index (χ3v) is 5.33. The summed E-state index contributed by atoms with van der Waals surface area (Å²) in [4.78, 5) is 12.6. The van der Waals surface area contributed by atoms with E-state index >= 15 is 0 Å². The van der Waals surface area contributed by atoms with Gasteiger partial charge in [-0.05, 0) is 30.3 Å². The van der Waals surface area contributed by atoms with Gasteiger partial charge < -0.3 is 9.47 Å². The van der Waals surface area contributed by atoms with Crippen LogP contribution in [0, 0.1) is 28.6 Å². The molecule has 0 N–H and O–H groups in total. The van der Waals surface area contributed by atoms with E-state index in [4.69, 9.17) is 32.7 Å². The third kappa shape index (κ3) is 4.58. The molecule has 3 atom stereocenters. The van der Waals surface area contributed by atoms with E-state index in [-0.39, 0.29) is 4.49 Å². The molecule has 156 valence electrons. The zero-order chi connectivity index (χ0) is 21.7. The molecule has 4 nitrogen and oxygen atoms in total. The Bertz CT molecular complexity index is 970. The second-order valence-corrected chi connectivity index (χ2v) is 7.90. The van der Waals surface area contributed by atoms with Crippen molar-refractivity contribution in [2.75, 3.05) is 13.3 Å². The summed E-state index contributed by atoms with van der Waals surface area (Å²) < 4.78 is 37.8. The zero-order valence-corrected chi connectivity index (χ0v) is 17.1. The molecular weight excluding hydrogens is 435 g/mol. The summed E-state index contributed by atoms with van der Waals surface area (Å²) >= 11 is 11.2. The first-order chi connectivity index (χ1) is 14.4. The first-order valence-corrected chi connectivity index (χ1v) is 9.78. The maximum Gasteiger partial charge on any atom is 0.312 e. The molecule has 0 bridgehead atoms. The Hall–Kier alpha value is -2.62. The van der Waals surface area contributed by atoms with E-state index in [1.165, 1.54) is 6.08 Å². The van der Waals surface area contributed by atoms with Crippen LogP contribution in [0.2, 0.25) is 0 Å². The molecule has 0 radical (unpaired) electrons. The van der Waals surface area contributed by atoms with Crippen LogP contribution in [0.5, 0.6) is 11.5 Å². The highest BCUT2D eigenvalue weighted by Gasteiger charge is 2.68. The number of nitriles is 1. The molecule has 1 aliphatic rings. The van der Waals surface area contributed by atoms with Gasteiger partial charge in [0.05, 0.1) is 19.3 Å². The van der Waals surface area contributed by atoms with Gasteiger partial charge in [-0.3, -0.25) is 13.6 Å². The predicted octanol–water partition coefficient (Wildman–Crippen LogP) is 6.08. The maximum atomic E-state index is 13.5. The quantitative estimate of drug-likeness (QED) is 0.456. The highest BCUT2D eigenvalue weighted by atomic mass is 35.5. The third-order valence-electron chi connectivity index (χ3n) is 5.08. The van der Waals surface area contributed by atoms with Crippen molar-refractivity contribution < 1.29 is 23.0 Å². The lowest BCUT2D eigenvalue weighted by Gasteiger charge is -2.14. The van der Waals surface area contributed by atoms with Crippen LogP contribution in [0.1, 0.15) is 11.7 Å². The molecular formula is C22H17Cl2F2NO3. The number of hydrogen-bond donors (Lipinski definition) is 0. The van der Waals surface area contributed by atoms with Crippen molar-refractivity contribution in [1.82, 2.24) is 0 Å². The number of benzene rings is 2. The SMILES string of the molecule is N#CC(OC(=O)C1C(C=C(Cl)Cl)C1(CF)CF)c1cccc(Oc2ccccc2)c1. The van der Waals surface area contributed by atoms with Crippen molar-refractivity contribution in [3.8, 4) is 17.6 Å². The Morgan fingerprint density at radius 1 is 1.13 bits per heavy atom. The molecule has 1 aliphatic carbocycles. The maximum absolute atomic E-state index is 13.5. The monoisotopic (exact) mass is 451 g/mol. The van der Waals surface area contributed by atoms with Gasteiger partial charge in [-0.1, -0.05) is 53.5 Å². The van der Waals surface area contributed by atoms with Gasteiger partial charge in [0.25, 0.3) is 0 Å². The fourth-order valence-electron chi connectivity index (χ4n) is 3.41. The van der Waals surface area contributed by atoms with Gasteiger partial charge in [0, 0.05) is 16.9 Å². The number of carbonyl (C=O) groups excluding carboxylic acids is 1. The Labute approximate surface area is 182 Å². The lowest BCUT2D eigenvalue weighted by Crippen LogP contribution is -2.19. The summed E-state index contributed by atoms with van der Waals surface area (Å²) in [5.74, 6) is -1.79. The number of para-hydroxylation sites is 1. The lowest BCUT2D eigenvalue weighted by atomic mass is 10.1. The average molecular weight is 452 g/mol. The number of allylic oxidation sites excluding steroid dienone is 1. The molecule has 1 saturated carbocycles. The van der Waals surface area contributed by atoms with Crippen molar-refractivity contribution in [2.45, 2.75) is 6.10 Å². The molecule has 0 saturated heterocycles. The molecule has 0 spiro atoms. The van der Waals surface area contributed by atoms with Crippen LogP contribution >= 0.6 is 23.2 Å². The fraction of sp³-hybridized carbons (Fsp3) is 0.273. The second kappa shape index (κ2) is 9.46. The number of carbonyl (C=O) groups is 1. The molecule has 8 heteroatoms. The summed E-state index contributed by atoms with van der Waals surface area (Å²) in [5.41, 5.74) is -1.20. The van der Waals surface area contributed by atoms with Gasteiger partial charge >= 0.3 is 5.97 Å². The van der Waals surface area contributed by atoms with E-state index in [1.807, 2.05) is 24.3 Å². The molecule has 30 heavy (non-hydrogen) atoms. The highest BCUT2D eigenvalue weighted by Crippen LogP contribution is 2.61. The van der Waals surface area contributed by atoms with Crippen LogP contribution in [0.15, 0.2) is 65.2 Å². The fourth-order valence-corrected chi connectivity index (χ4v) is 3.68. The van der Waals surface area contributed by atoms with E-state index in [1.54, 1.807) is 36.4 Å². The minimum absolute atomic E-state index is 0.191. The van der Waals surface area contributed by atoms with Gasteiger partial charge in [0.2, 0.25) is 6.10 Å². The number of esters is 1. The van der Waals surface area contributed by atoms with Gasteiger partial charge in [-0.2, -0.15) is 5.26 Å². The highest BCUT2D eigenvalue weighted by molar-refractivity contribution is 6.55. The molecule has 0 aliphatic heterocycles. The average Bonchev–Trinajstić information content (AvgIpc) is 3.39. The summed E-state index contributed by atoms with van der Waals surface area (Å²) in [6.07, 6.45) is -0.0466. The Morgan fingerprint density at radius 2 is 1.80 bits per heavy atom. The molecule has 1 fully saturated rings. The summed E-state index contributed by atoms with van der Waals surface area (Å²) in [6, 6.07) is 17.4. The smallest absolute Gasteiger partial charge is 0.312 e.